The summed E-state index contributed by atoms with van der Waals surface area (Å²) in [5, 5.41) is 0.728. The molecule has 17 heavy (non-hydrogen) atoms. The van der Waals surface area contributed by atoms with Gasteiger partial charge in [-0.15, -0.1) is 0 Å². The molecule has 2 N–H and O–H groups in total. The zero-order valence-corrected chi connectivity index (χ0v) is 11.8. The van der Waals surface area contributed by atoms with E-state index in [0.717, 1.165) is 20.6 Å². The first-order chi connectivity index (χ1) is 8.06. The fourth-order valence-electron chi connectivity index (χ4n) is 1.81. The summed E-state index contributed by atoms with van der Waals surface area (Å²) in [6, 6.07) is 13.7. The summed E-state index contributed by atoms with van der Waals surface area (Å²) in [4.78, 5) is 0. The van der Waals surface area contributed by atoms with Gasteiger partial charge in [0.05, 0.1) is 6.04 Å². The molecule has 88 valence electrons. The van der Waals surface area contributed by atoms with Crippen LogP contribution in [0.1, 0.15) is 22.7 Å². The zero-order valence-electron chi connectivity index (χ0n) is 9.45. The van der Waals surface area contributed by atoms with Crippen LogP contribution < -0.4 is 5.73 Å². The Bertz CT molecular complexity index is 502. The predicted molar refractivity (Wildman–Crippen MR) is 76.4 cm³/mol. The van der Waals surface area contributed by atoms with Gasteiger partial charge in [-0.2, -0.15) is 0 Å². The van der Waals surface area contributed by atoms with Crippen molar-refractivity contribution in [2.24, 2.45) is 5.73 Å². The van der Waals surface area contributed by atoms with E-state index in [-0.39, 0.29) is 6.04 Å². The van der Waals surface area contributed by atoms with E-state index >= 15 is 0 Å². The second-order valence-electron chi connectivity index (χ2n) is 4.09. The Hall–Kier alpha value is -0.830. The fraction of sp³-hybridized carbons (Fsp3) is 0.143. The molecule has 3 heteroatoms. The van der Waals surface area contributed by atoms with E-state index in [0.29, 0.717) is 0 Å². The molecule has 0 saturated carbocycles. The topological polar surface area (TPSA) is 26.0 Å². The number of hydrogen-bond donors (Lipinski definition) is 1. The van der Waals surface area contributed by atoms with Crippen LogP contribution in [-0.4, -0.2) is 0 Å². The lowest BCUT2D eigenvalue weighted by atomic mass is 9.98. The molecule has 0 bridgehead atoms. The average molecular weight is 311 g/mol. The van der Waals surface area contributed by atoms with Gasteiger partial charge < -0.3 is 5.73 Å². The molecule has 1 atom stereocenters. The predicted octanol–water partition coefficient (Wildman–Crippen LogP) is 4.46. The molecule has 2 rings (SSSR count). The highest BCUT2D eigenvalue weighted by Crippen LogP contribution is 2.25. The third-order valence-electron chi connectivity index (χ3n) is 2.65. The Labute approximate surface area is 115 Å². The molecule has 1 unspecified atom stereocenters. The summed E-state index contributed by atoms with van der Waals surface area (Å²) >= 11 is 9.35. The third-order valence-corrected chi connectivity index (χ3v) is 3.36. The highest BCUT2D eigenvalue weighted by atomic mass is 79.9. The Morgan fingerprint density at radius 3 is 2.29 bits per heavy atom. The molecule has 0 amide bonds. The van der Waals surface area contributed by atoms with Crippen molar-refractivity contribution in [3.8, 4) is 0 Å². The van der Waals surface area contributed by atoms with Crippen molar-refractivity contribution >= 4 is 27.5 Å². The van der Waals surface area contributed by atoms with Crippen LogP contribution in [0.4, 0.5) is 0 Å². The van der Waals surface area contributed by atoms with Crippen LogP contribution in [0.2, 0.25) is 5.02 Å². The minimum atomic E-state index is -0.122. The highest BCUT2D eigenvalue weighted by molar-refractivity contribution is 9.10. The second kappa shape index (κ2) is 5.21. The molecule has 1 nitrogen and oxygen atoms in total. The maximum absolute atomic E-state index is 6.24. The molecular formula is C14H13BrClN. The maximum Gasteiger partial charge on any atom is 0.0552 e. The molecule has 0 aliphatic carbocycles. The van der Waals surface area contributed by atoms with Gasteiger partial charge in [0.2, 0.25) is 0 Å². The van der Waals surface area contributed by atoms with Crippen LogP contribution in [-0.2, 0) is 0 Å². The lowest BCUT2D eigenvalue weighted by Crippen LogP contribution is -2.11. The van der Waals surface area contributed by atoms with E-state index < -0.39 is 0 Å². The Balaban J connectivity index is 2.36. The van der Waals surface area contributed by atoms with Gasteiger partial charge in [0.25, 0.3) is 0 Å². The van der Waals surface area contributed by atoms with Gasteiger partial charge in [0, 0.05) is 9.50 Å². The number of hydrogen-bond acceptors (Lipinski definition) is 1. The van der Waals surface area contributed by atoms with Crippen molar-refractivity contribution in [1.29, 1.82) is 0 Å². The third kappa shape index (κ3) is 3.09. The van der Waals surface area contributed by atoms with Crippen LogP contribution in [0.15, 0.2) is 46.9 Å². The summed E-state index contributed by atoms with van der Waals surface area (Å²) in [7, 11) is 0. The summed E-state index contributed by atoms with van der Waals surface area (Å²) in [6.45, 7) is 2.06. The van der Waals surface area contributed by atoms with E-state index in [9.17, 15) is 0 Å². The summed E-state index contributed by atoms with van der Waals surface area (Å²) in [6.07, 6.45) is 0. The SMILES string of the molecule is Cc1cc(Br)cc(C(N)c2ccc(Cl)cc2)c1. The van der Waals surface area contributed by atoms with Crippen molar-refractivity contribution in [2.45, 2.75) is 13.0 Å². The number of halogens is 2. The van der Waals surface area contributed by atoms with Crippen molar-refractivity contribution < 1.29 is 0 Å². The molecular weight excluding hydrogens is 298 g/mol. The van der Waals surface area contributed by atoms with E-state index in [1.165, 1.54) is 5.56 Å². The maximum atomic E-state index is 6.24. The number of aryl methyl sites for hydroxylation is 1. The first-order valence-corrected chi connectivity index (χ1v) is 6.51. The minimum Gasteiger partial charge on any atom is -0.320 e. The summed E-state index contributed by atoms with van der Waals surface area (Å²) in [5.74, 6) is 0. The van der Waals surface area contributed by atoms with Crippen LogP contribution in [0.3, 0.4) is 0 Å². The quantitative estimate of drug-likeness (QED) is 0.871. The number of benzene rings is 2. The summed E-state index contributed by atoms with van der Waals surface area (Å²) in [5.41, 5.74) is 9.59. The van der Waals surface area contributed by atoms with Crippen LogP contribution in [0.5, 0.6) is 0 Å². The molecule has 0 fully saturated rings. The Morgan fingerprint density at radius 1 is 1.06 bits per heavy atom. The fourth-order valence-corrected chi connectivity index (χ4v) is 2.56. The molecule has 0 spiro atoms. The van der Waals surface area contributed by atoms with Crippen molar-refractivity contribution in [3.05, 3.63) is 68.7 Å². The van der Waals surface area contributed by atoms with Gasteiger partial charge in [-0.1, -0.05) is 45.7 Å². The van der Waals surface area contributed by atoms with Gasteiger partial charge in [-0.05, 0) is 47.9 Å². The lowest BCUT2D eigenvalue weighted by molar-refractivity contribution is 0.869. The van der Waals surface area contributed by atoms with Gasteiger partial charge in [-0.3, -0.25) is 0 Å². The number of rotatable bonds is 2. The largest absolute Gasteiger partial charge is 0.320 e. The molecule has 0 aliphatic heterocycles. The number of nitrogens with two attached hydrogens (primary N) is 1. The van der Waals surface area contributed by atoms with E-state index in [1.807, 2.05) is 30.3 Å². The van der Waals surface area contributed by atoms with E-state index in [1.54, 1.807) is 0 Å². The minimum absolute atomic E-state index is 0.122. The molecule has 0 aliphatic rings. The highest BCUT2D eigenvalue weighted by Gasteiger charge is 2.09. The first kappa shape index (κ1) is 12.6. The lowest BCUT2D eigenvalue weighted by Gasteiger charge is -2.14. The molecule has 0 saturated heterocycles. The second-order valence-corrected chi connectivity index (χ2v) is 5.44. The van der Waals surface area contributed by atoms with Gasteiger partial charge in [0.15, 0.2) is 0 Å². The molecule has 2 aromatic rings. The molecule has 0 aromatic heterocycles. The van der Waals surface area contributed by atoms with Crippen LogP contribution in [0.25, 0.3) is 0 Å². The smallest absolute Gasteiger partial charge is 0.0552 e. The summed E-state index contributed by atoms with van der Waals surface area (Å²) < 4.78 is 1.05. The Kier molecular flexibility index (Phi) is 3.87. The van der Waals surface area contributed by atoms with Gasteiger partial charge >= 0.3 is 0 Å². The first-order valence-electron chi connectivity index (χ1n) is 5.34. The average Bonchev–Trinajstić information content (AvgIpc) is 2.28. The van der Waals surface area contributed by atoms with Gasteiger partial charge in [-0.25, -0.2) is 0 Å². The zero-order chi connectivity index (χ0) is 12.4. The molecule has 0 radical (unpaired) electrons. The molecule has 2 aromatic carbocycles. The van der Waals surface area contributed by atoms with Crippen LogP contribution >= 0.6 is 27.5 Å². The van der Waals surface area contributed by atoms with Crippen molar-refractivity contribution in [1.82, 2.24) is 0 Å². The van der Waals surface area contributed by atoms with E-state index in [4.69, 9.17) is 17.3 Å². The van der Waals surface area contributed by atoms with Crippen LogP contribution in [0, 0.1) is 6.92 Å². The van der Waals surface area contributed by atoms with E-state index in [2.05, 4.69) is 35.0 Å². The standard InChI is InChI=1S/C14H13BrClN/c1-9-6-11(8-12(15)7-9)14(17)10-2-4-13(16)5-3-10/h2-8,14H,17H2,1H3. The Morgan fingerprint density at radius 2 is 1.71 bits per heavy atom. The van der Waals surface area contributed by atoms with Crippen molar-refractivity contribution in [3.63, 3.8) is 0 Å². The monoisotopic (exact) mass is 309 g/mol. The molecule has 0 heterocycles. The van der Waals surface area contributed by atoms with Crippen molar-refractivity contribution in [2.75, 3.05) is 0 Å². The van der Waals surface area contributed by atoms with Gasteiger partial charge in [0.1, 0.15) is 0 Å². The normalized spacial score (nSPS) is 12.5.